The molecule has 1 heterocycles. The highest BCUT2D eigenvalue weighted by atomic mass is 35.5. The molecular weight excluding hydrogens is 244 g/mol. The number of hydrogen-bond acceptors (Lipinski definition) is 3. The zero-order valence-corrected chi connectivity index (χ0v) is 10.4. The van der Waals surface area contributed by atoms with E-state index in [0.717, 1.165) is 5.56 Å². The SMILES string of the molecule is COc1cc(C)c(Cl)cc1C1(C(=O)O)COC1. The molecule has 4 nitrogen and oxygen atoms in total. The first kappa shape index (κ1) is 12.2. The van der Waals surface area contributed by atoms with Gasteiger partial charge in [0.25, 0.3) is 0 Å². The fraction of sp³-hybridized carbons (Fsp3) is 0.417. The zero-order valence-electron chi connectivity index (χ0n) is 9.62. The Hall–Kier alpha value is -1.26. The van der Waals surface area contributed by atoms with Gasteiger partial charge in [-0.3, -0.25) is 4.79 Å². The van der Waals surface area contributed by atoms with Crippen molar-refractivity contribution in [2.24, 2.45) is 0 Å². The number of benzene rings is 1. The van der Waals surface area contributed by atoms with E-state index < -0.39 is 11.4 Å². The predicted octanol–water partition coefficient (Wildman–Crippen LogP) is 2.01. The Morgan fingerprint density at radius 3 is 2.59 bits per heavy atom. The van der Waals surface area contributed by atoms with Crippen LogP contribution in [-0.2, 0) is 14.9 Å². The van der Waals surface area contributed by atoms with Gasteiger partial charge in [0.1, 0.15) is 11.2 Å². The molecule has 1 aliphatic rings. The summed E-state index contributed by atoms with van der Waals surface area (Å²) in [4.78, 5) is 11.4. The molecule has 0 amide bonds. The van der Waals surface area contributed by atoms with Gasteiger partial charge in [-0.15, -0.1) is 0 Å². The van der Waals surface area contributed by atoms with Crippen LogP contribution in [0.25, 0.3) is 0 Å². The Balaban J connectivity index is 2.57. The van der Waals surface area contributed by atoms with Crippen molar-refractivity contribution in [1.29, 1.82) is 0 Å². The molecule has 1 saturated heterocycles. The fourth-order valence-corrected chi connectivity index (χ4v) is 2.06. The summed E-state index contributed by atoms with van der Waals surface area (Å²) in [7, 11) is 1.52. The van der Waals surface area contributed by atoms with Crippen molar-refractivity contribution in [3.8, 4) is 5.75 Å². The summed E-state index contributed by atoms with van der Waals surface area (Å²) < 4.78 is 10.3. The van der Waals surface area contributed by atoms with Crippen molar-refractivity contribution in [3.05, 3.63) is 28.3 Å². The summed E-state index contributed by atoms with van der Waals surface area (Å²) in [6.45, 7) is 2.15. The van der Waals surface area contributed by atoms with Gasteiger partial charge in [-0.2, -0.15) is 0 Å². The highest BCUT2D eigenvalue weighted by Gasteiger charge is 2.49. The van der Waals surface area contributed by atoms with Crippen LogP contribution < -0.4 is 4.74 Å². The average Bonchev–Trinajstić information content (AvgIpc) is 2.20. The predicted molar refractivity (Wildman–Crippen MR) is 62.9 cm³/mol. The maximum absolute atomic E-state index is 11.4. The standard InChI is InChI=1S/C12H13ClO4/c1-7-3-10(16-2)8(4-9(7)13)12(11(14)15)5-17-6-12/h3-4H,5-6H2,1-2H3,(H,14,15). The molecule has 92 valence electrons. The molecule has 0 saturated carbocycles. The normalized spacial score (nSPS) is 17.4. The molecule has 1 fully saturated rings. The molecule has 1 N–H and O–H groups in total. The van der Waals surface area contributed by atoms with E-state index in [-0.39, 0.29) is 13.2 Å². The third kappa shape index (κ3) is 1.77. The number of carboxylic acid groups (broad SMARTS) is 1. The lowest BCUT2D eigenvalue weighted by molar-refractivity contribution is -0.163. The lowest BCUT2D eigenvalue weighted by atomic mass is 9.78. The van der Waals surface area contributed by atoms with Crippen LogP contribution in [0.5, 0.6) is 5.75 Å². The third-order valence-electron chi connectivity index (χ3n) is 3.10. The van der Waals surface area contributed by atoms with Crippen LogP contribution in [0, 0.1) is 6.92 Å². The van der Waals surface area contributed by atoms with E-state index in [0.29, 0.717) is 16.3 Å². The van der Waals surface area contributed by atoms with E-state index in [1.54, 1.807) is 12.1 Å². The van der Waals surface area contributed by atoms with Crippen molar-refractivity contribution >= 4 is 17.6 Å². The molecule has 0 radical (unpaired) electrons. The number of carbonyl (C=O) groups is 1. The van der Waals surface area contributed by atoms with Gasteiger partial charge in [0.15, 0.2) is 0 Å². The summed E-state index contributed by atoms with van der Waals surface area (Å²) in [5, 5.41) is 9.87. The number of rotatable bonds is 3. The summed E-state index contributed by atoms with van der Waals surface area (Å²) in [5.74, 6) is -0.375. The second-order valence-electron chi connectivity index (χ2n) is 4.18. The summed E-state index contributed by atoms with van der Waals surface area (Å²) in [5.41, 5.74) is 0.408. The van der Waals surface area contributed by atoms with Crippen LogP contribution in [0.2, 0.25) is 5.02 Å². The highest BCUT2D eigenvalue weighted by Crippen LogP contribution is 2.40. The molecule has 1 aromatic carbocycles. The largest absolute Gasteiger partial charge is 0.496 e. The van der Waals surface area contributed by atoms with E-state index in [1.165, 1.54) is 7.11 Å². The number of methoxy groups -OCH3 is 1. The molecular formula is C12H13ClO4. The molecule has 5 heteroatoms. The van der Waals surface area contributed by atoms with E-state index >= 15 is 0 Å². The summed E-state index contributed by atoms with van der Waals surface area (Å²) in [6.07, 6.45) is 0. The summed E-state index contributed by atoms with van der Waals surface area (Å²) >= 11 is 6.05. The zero-order chi connectivity index (χ0) is 12.6. The molecule has 1 aromatic rings. The lowest BCUT2D eigenvalue weighted by Crippen LogP contribution is -2.53. The van der Waals surface area contributed by atoms with Crippen LogP contribution >= 0.6 is 11.6 Å². The van der Waals surface area contributed by atoms with Crippen LogP contribution in [0.15, 0.2) is 12.1 Å². The van der Waals surface area contributed by atoms with Gasteiger partial charge in [0.2, 0.25) is 0 Å². The van der Waals surface area contributed by atoms with Gasteiger partial charge < -0.3 is 14.6 Å². The Kier molecular flexibility index (Phi) is 3.02. The van der Waals surface area contributed by atoms with E-state index in [1.807, 2.05) is 6.92 Å². The van der Waals surface area contributed by atoms with E-state index in [2.05, 4.69) is 0 Å². The van der Waals surface area contributed by atoms with Gasteiger partial charge in [0, 0.05) is 10.6 Å². The molecule has 0 aromatic heterocycles. The molecule has 0 unspecified atom stereocenters. The van der Waals surface area contributed by atoms with Crippen LogP contribution in [-0.4, -0.2) is 31.4 Å². The Bertz CT molecular complexity index is 466. The van der Waals surface area contributed by atoms with E-state index in [9.17, 15) is 9.90 Å². The topological polar surface area (TPSA) is 55.8 Å². The van der Waals surface area contributed by atoms with Gasteiger partial charge in [-0.1, -0.05) is 11.6 Å². The van der Waals surface area contributed by atoms with Crippen molar-refractivity contribution in [2.75, 3.05) is 20.3 Å². The van der Waals surface area contributed by atoms with Crippen molar-refractivity contribution in [3.63, 3.8) is 0 Å². The van der Waals surface area contributed by atoms with Gasteiger partial charge >= 0.3 is 5.97 Å². The Morgan fingerprint density at radius 2 is 2.18 bits per heavy atom. The smallest absolute Gasteiger partial charge is 0.319 e. The second kappa shape index (κ2) is 4.20. The third-order valence-corrected chi connectivity index (χ3v) is 3.51. The molecule has 0 aliphatic carbocycles. The number of carboxylic acids is 1. The van der Waals surface area contributed by atoms with Crippen molar-refractivity contribution in [2.45, 2.75) is 12.3 Å². The first-order valence-corrected chi connectivity index (χ1v) is 5.55. The van der Waals surface area contributed by atoms with Crippen LogP contribution in [0.4, 0.5) is 0 Å². The van der Waals surface area contributed by atoms with Gasteiger partial charge in [-0.05, 0) is 24.6 Å². The first-order chi connectivity index (χ1) is 8.01. The monoisotopic (exact) mass is 256 g/mol. The molecule has 2 rings (SSSR count). The average molecular weight is 257 g/mol. The first-order valence-electron chi connectivity index (χ1n) is 5.17. The minimum atomic E-state index is -1.03. The minimum Gasteiger partial charge on any atom is -0.496 e. The fourth-order valence-electron chi connectivity index (χ4n) is 1.90. The molecule has 0 bridgehead atoms. The lowest BCUT2D eigenvalue weighted by Gasteiger charge is -2.38. The molecule has 0 atom stereocenters. The molecule has 0 spiro atoms. The number of halogens is 1. The van der Waals surface area contributed by atoms with Gasteiger partial charge in [-0.25, -0.2) is 0 Å². The Morgan fingerprint density at radius 1 is 1.53 bits per heavy atom. The number of ether oxygens (including phenoxy) is 2. The Labute approximate surface area is 104 Å². The summed E-state index contributed by atoms with van der Waals surface area (Å²) in [6, 6.07) is 3.41. The maximum Gasteiger partial charge on any atom is 0.319 e. The van der Waals surface area contributed by atoms with Crippen molar-refractivity contribution < 1.29 is 19.4 Å². The molecule has 1 aliphatic heterocycles. The van der Waals surface area contributed by atoms with Crippen LogP contribution in [0.3, 0.4) is 0 Å². The highest BCUT2D eigenvalue weighted by molar-refractivity contribution is 6.31. The van der Waals surface area contributed by atoms with Crippen LogP contribution in [0.1, 0.15) is 11.1 Å². The number of hydrogen-bond donors (Lipinski definition) is 1. The number of aliphatic carboxylic acids is 1. The maximum atomic E-state index is 11.4. The second-order valence-corrected chi connectivity index (χ2v) is 4.59. The van der Waals surface area contributed by atoms with E-state index in [4.69, 9.17) is 21.1 Å². The molecule has 17 heavy (non-hydrogen) atoms. The quantitative estimate of drug-likeness (QED) is 0.899. The number of aryl methyl sites for hydroxylation is 1. The van der Waals surface area contributed by atoms with Gasteiger partial charge in [0.05, 0.1) is 20.3 Å². The minimum absolute atomic E-state index is 0.151. The van der Waals surface area contributed by atoms with Crippen molar-refractivity contribution in [1.82, 2.24) is 0 Å².